The number of likely N-dealkylation sites (tertiary alicyclic amines) is 1. The maximum atomic E-state index is 12.9. The second-order valence-corrected chi connectivity index (χ2v) is 8.55. The van der Waals surface area contributed by atoms with E-state index in [0.29, 0.717) is 0 Å². The van der Waals surface area contributed by atoms with Crippen molar-refractivity contribution in [2.24, 2.45) is 5.73 Å². The number of benzene rings is 1. The Morgan fingerprint density at radius 1 is 1.16 bits per heavy atom. The summed E-state index contributed by atoms with van der Waals surface area (Å²) in [5.74, 6) is 0.847. The fourth-order valence-corrected chi connectivity index (χ4v) is 4.30. The van der Waals surface area contributed by atoms with Crippen LogP contribution in [-0.2, 0) is 0 Å². The van der Waals surface area contributed by atoms with Crippen LogP contribution in [0, 0.1) is 20.8 Å². The van der Waals surface area contributed by atoms with Crippen LogP contribution in [0.3, 0.4) is 0 Å². The molecule has 1 aromatic carbocycles. The molecule has 25 heavy (non-hydrogen) atoms. The number of hydrogen-bond donors (Lipinski definition) is 2. The third-order valence-electron chi connectivity index (χ3n) is 5.25. The Morgan fingerprint density at radius 2 is 1.68 bits per heavy atom. The molecule has 1 aromatic rings. The quantitative estimate of drug-likeness (QED) is 0.820. The molecule has 0 unspecified atom stereocenters. The zero-order valence-electron chi connectivity index (χ0n) is 16.7. The Hall–Kier alpha value is -1.75. The Labute approximate surface area is 151 Å². The van der Waals surface area contributed by atoms with Gasteiger partial charge in [0.2, 0.25) is 0 Å². The highest BCUT2D eigenvalue weighted by Crippen LogP contribution is 2.37. The van der Waals surface area contributed by atoms with Crippen LogP contribution in [0.15, 0.2) is 12.1 Å². The first-order valence-electron chi connectivity index (χ1n) is 8.99. The molecule has 140 valence electrons. The number of aryl methyl sites for hydroxylation is 2. The van der Waals surface area contributed by atoms with Crippen LogP contribution in [0.5, 0.6) is 5.75 Å². The molecule has 2 amide bonds. The van der Waals surface area contributed by atoms with Gasteiger partial charge in [0, 0.05) is 17.1 Å². The van der Waals surface area contributed by atoms with E-state index >= 15 is 0 Å². The molecule has 1 saturated heterocycles. The third-order valence-corrected chi connectivity index (χ3v) is 5.25. The van der Waals surface area contributed by atoms with Gasteiger partial charge in [-0.1, -0.05) is 12.1 Å². The molecule has 0 aliphatic carbocycles. The molecule has 0 saturated carbocycles. The average Bonchev–Trinajstić information content (AvgIpc) is 2.43. The normalized spacial score (nSPS) is 19.6. The maximum absolute atomic E-state index is 12.9. The summed E-state index contributed by atoms with van der Waals surface area (Å²) in [5.41, 5.74) is 8.97. The third kappa shape index (κ3) is 4.09. The van der Waals surface area contributed by atoms with Gasteiger partial charge in [-0.05, 0) is 78.0 Å². The van der Waals surface area contributed by atoms with Gasteiger partial charge in [0.1, 0.15) is 5.75 Å². The fourth-order valence-electron chi connectivity index (χ4n) is 4.30. The van der Waals surface area contributed by atoms with Gasteiger partial charge in [-0.3, -0.25) is 0 Å². The number of urea groups is 1. The van der Waals surface area contributed by atoms with Crippen molar-refractivity contribution in [2.75, 3.05) is 6.73 Å². The number of ether oxygens (including phenoxy) is 1. The lowest BCUT2D eigenvalue weighted by Gasteiger charge is -2.54. The van der Waals surface area contributed by atoms with Crippen molar-refractivity contribution < 1.29 is 9.53 Å². The molecule has 3 N–H and O–H groups in total. The smallest absolute Gasteiger partial charge is 0.320 e. The van der Waals surface area contributed by atoms with Crippen LogP contribution >= 0.6 is 0 Å². The molecular weight excluding hydrogens is 314 g/mol. The second kappa shape index (κ2) is 6.87. The highest BCUT2D eigenvalue weighted by Gasteiger charge is 2.46. The average molecular weight is 348 g/mol. The van der Waals surface area contributed by atoms with Gasteiger partial charge in [-0.15, -0.1) is 0 Å². The number of hydrogen-bond acceptors (Lipinski definition) is 3. The minimum absolute atomic E-state index is 0.107. The van der Waals surface area contributed by atoms with E-state index in [1.807, 2.05) is 24.8 Å². The van der Waals surface area contributed by atoms with Crippen molar-refractivity contribution in [3.63, 3.8) is 0 Å². The lowest BCUT2D eigenvalue weighted by atomic mass is 9.77. The first kappa shape index (κ1) is 19.6. The van der Waals surface area contributed by atoms with Crippen LogP contribution in [0.4, 0.5) is 4.79 Å². The van der Waals surface area contributed by atoms with Crippen molar-refractivity contribution in [1.82, 2.24) is 10.2 Å². The number of carbonyl (C=O) groups excluding carboxylic acids is 1. The van der Waals surface area contributed by atoms with Crippen molar-refractivity contribution in [3.05, 3.63) is 28.8 Å². The number of piperidine rings is 1. The van der Waals surface area contributed by atoms with Crippen LogP contribution < -0.4 is 15.8 Å². The predicted octanol–water partition coefficient (Wildman–Crippen LogP) is 3.64. The molecular formula is C20H33N3O2. The van der Waals surface area contributed by atoms with Gasteiger partial charge in [0.05, 0.1) is 0 Å². The highest BCUT2D eigenvalue weighted by molar-refractivity contribution is 5.76. The molecule has 0 spiro atoms. The molecule has 0 radical (unpaired) electrons. The zero-order chi connectivity index (χ0) is 19.0. The summed E-state index contributed by atoms with van der Waals surface area (Å²) >= 11 is 0. The Kier molecular flexibility index (Phi) is 5.38. The molecule has 0 atom stereocenters. The minimum atomic E-state index is -0.291. The topological polar surface area (TPSA) is 67.6 Å². The summed E-state index contributed by atoms with van der Waals surface area (Å²) in [6, 6.07) is 4.13. The number of nitrogens with zero attached hydrogens (tertiary/aromatic N) is 1. The SMILES string of the molecule is Cc1ccc(C)c(OCNC(=O)N2C(C)(C)CC(N)CC2(C)C)c1C. The monoisotopic (exact) mass is 347 g/mol. The summed E-state index contributed by atoms with van der Waals surface area (Å²) in [6.45, 7) is 14.6. The molecule has 1 heterocycles. The van der Waals surface area contributed by atoms with Crippen molar-refractivity contribution in [3.8, 4) is 5.75 Å². The molecule has 5 nitrogen and oxygen atoms in total. The number of carbonyl (C=O) groups is 1. The van der Waals surface area contributed by atoms with E-state index in [1.54, 1.807) is 0 Å². The van der Waals surface area contributed by atoms with Crippen LogP contribution in [0.2, 0.25) is 0 Å². The van der Waals surface area contributed by atoms with E-state index in [9.17, 15) is 4.79 Å². The summed E-state index contributed by atoms with van der Waals surface area (Å²) in [4.78, 5) is 14.8. The van der Waals surface area contributed by atoms with Crippen LogP contribution in [0.1, 0.15) is 57.2 Å². The van der Waals surface area contributed by atoms with Gasteiger partial charge >= 0.3 is 6.03 Å². The first-order valence-corrected chi connectivity index (χ1v) is 8.99. The number of amides is 2. The highest BCUT2D eigenvalue weighted by atomic mass is 16.5. The van der Waals surface area contributed by atoms with E-state index in [1.165, 1.54) is 5.56 Å². The molecule has 1 aliphatic heterocycles. The zero-order valence-corrected chi connectivity index (χ0v) is 16.7. The van der Waals surface area contributed by atoms with E-state index in [0.717, 1.165) is 29.7 Å². The van der Waals surface area contributed by atoms with Crippen LogP contribution in [-0.4, -0.2) is 34.8 Å². The predicted molar refractivity (Wildman–Crippen MR) is 102 cm³/mol. The van der Waals surface area contributed by atoms with Gasteiger partial charge in [-0.25, -0.2) is 4.79 Å². The summed E-state index contributed by atoms with van der Waals surface area (Å²) in [5, 5.41) is 2.92. The Morgan fingerprint density at radius 3 is 2.24 bits per heavy atom. The van der Waals surface area contributed by atoms with E-state index < -0.39 is 0 Å². The van der Waals surface area contributed by atoms with Crippen molar-refractivity contribution in [1.29, 1.82) is 0 Å². The number of nitrogens with two attached hydrogens (primary N) is 1. The fraction of sp³-hybridized carbons (Fsp3) is 0.650. The Bertz CT molecular complexity index is 635. The Balaban J connectivity index is 2.06. The maximum Gasteiger partial charge on any atom is 0.320 e. The van der Waals surface area contributed by atoms with Gasteiger partial charge in [-0.2, -0.15) is 0 Å². The largest absolute Gasteiger partial charge is 0.473 e. The summed E-state index contributed by atoms with van der Waals surface area (Å²) < 4.78 is 5.88. The number of rotatable bonds is 3. The van der Waals surface area contributed by atoms with Gasteiger partial charge in [0.25, 0.3) is 0 Å². The summed E-state index contributed by atoms with van der Waals surface area (Å²) in [6.07, 6.45) is 1.58. The summed E-state index contributed by atoms with van der Waals surface area (Å²) in [7, 11) is 0. The van der Waals surface area contributed by atoms with Gasteiger partial charge in [0.15, 0.2) is 6.73 Å². The first-order chi connectivity index (χ1) is 11.5. The van der Waals surface area contributed by atoms with Crippen molar-refractivity contribution in [2.45, 2.75) is 78.4 Å². The molecule has 1 aliphatic rings. The molecule has 5 heteroatoms. The van der Waals surface area contributed by atoms with E-state index in [4.69, 9.17) is 10.5 Å². The molecule has 0 bridgehead atoms. The second-order valence-electron chi connectivity index (χ2n) is 8.55. The minimum Gasteiger partial charge on any atom is -0.473 e. The van der Waals surface area contributed by atoms with Gasteiger partial charge < -0.3 is 20.7 Å². The molecule has 1 fully saturated rings. The van der Waals surface area contributed by atoms with E-state index in [-0.39, 0.29) is 29.9 Å². The lowest BCUT2D eigenvalue weighted by molar-refractivity contribution is 0.00142. The standard InChI is InChI=1S/C20H33N3O2/c1-13-8-9-14(2)17(15(13)3)25-12-22-18(24)23-19(4,5)10-16(21)11-20(23,6)7/h8-9,16H,10-12,21H2,1-7H3,(H,22,24). The van der Waals surface area contributed by atoms with E-state index in [2.05, 4.69) is 46.0 Å². The van der Waals surface area contributed by atoms with Crippen LogP contribution in [0.25, 0.3) is 0 Å². The van der Waals surface area contributed by atoms with Crippen molar-refractivity contribution >= 4 is 6.03 Å². The number of nitrogens with one attached hydrogen (secondary N) is 1. The lowest BCUT2D eigenvalue weighted by Crippen LogP contribution is -2.67. The molecule has 0 aromatic heterocycles. The molecule has 2 rings (SSSR count).